The number of aryl methyl sites for hydroxylation is 1. The Morgan fingerprint density at radius 3 is 2.62 bits per heavy atom. The first kappa shape index (κ1) is 16.1. The van der Waals surface area contributed by atoms with Crippen LogP contribution in [0.2, 0.25) is 0 Å². The van der Waals surface area contributed by atoms with Crippen LogP contribution in [-0.2, 0) is 11.2 Å². The molecule has 1 heterocycles. The van der Waals surface area contributed by atoms with E-state index in [0.717, 1.165) is 18.6 Å². The molecule has 0 aliphatic heterocycles. The Morgan fingerprint density at radius 1 is 1.33 bits per heavy atom. The summed E-state index contributed by atoms with van der Waals surface area (Å²) in [7, 11) is 0. The Kier molecular flexibility index (Phi) is 4.52. The van der Waals surface area contributed by atoms with Crippen LogP contribution in [-0.4, -0.2) is 5.91 Å². The van der Waals surface area contributed by atoms with Gasteiger partial charge in [-0.05, 0) is 48.6 Å². The van der Waals surface area contributed by atoms with Gasteiger partial charge in [-0.15, -0.1) is 0 Å². The van der Waals surface area contributed by atoms with Gasteiger partial charge in [-0.1, -0.05) is 26.0 Å². The lowest BCUT2D eigenvalue weighted by Gasteiger charge is -2.05. The Morgan fingerprint density at radius 2 is 2.04 bits per heavy atom. The SMILES string of the molecule is CCc1ccc(NC(=O)/C(C#N)=C/c2ccc([C@@H]3C[C@H]3C)o2)cc1. The molecule has 0 unspecified atom stereocenters. The molecule has 3 rings (SSSR count). The summed E-state index contributed by atoms with van der Waals surface area (Å²) in [5.41, 5.74) is 1.89. The number of nitriles is 1. The molecule has 1 aromatic carbocycles. The van der Waals surface area contributed by atoms with E-state index in [1.165, 1.54) is 11.6 Å². The number of anilines is 1. The van der Waals surface area contributed by atoms with Crippen molar-refractivity contribution in [1.82, 2.24) is 0 Å². The van der Waals surface area contributed by atoms with Crippen LogP contribution in [0.5, 0.6) is 0 Å². The third-order valence-corrected chi connectivity index (χ3v) is 4.39. The molecule has 1 saturated carbocycles. The molecule has 122 valence electrons. The molecule has 1 N–H and O–H groups in total. The van der Waals surface area contributed by atoms with Crippen LogP contribution < -0.4 is 5.32 Å². The van der Waals surface area contributed by atoms with E-state index < -0.39 is 5.91 Å². The Balaban J connectivity index is 1.71. The van der Waals surface area contributed by atoms with Gasteiger partial charge in [-0.2, -0.15) is 5.26 Å². The maximum Gasteiger partial charge on any atom is 0.266 e. The summed E-state index contributed by atoms with van der Waals surface area (Å²) in [4.78, 5) is 12.3. The molecule has 1 aliphatic rings. The highest BCUT2D eigenvalue weighted by Crippen LogP contribution is 2.47. The molecule has 0 bridgehead atoms. The number of hydrogen-bond acceptors (Lipinski definition) is 3. The molecule has 1 aliphatic carbocycles. The fourth-order valence-electron chi connectivity index (χ4n) is 2.68. The maximum absolute atomic E-state index is 12.3. The number of hydrogen-bond donors (Lipinski definition) is 1. The highest BCUT2D eigenvalue weighted by Gasteiger charge is 2.36. The molecule has 4 heteroatoms. The summed E-state index contributed by atoms with van der Waals surface area (Å²) in [5.74, 6) is 2.17. The summed E-state index contributed by atoms with van der Waals surface area (Å²) >= 11 is 0. The molecule has 0 saturated heterocycles. The second-order valence-electron chi connectivity index (χ2n) is 6.23. The summed E-state index contributed by atoms with van der Waals surface area (Å²) in [5, 5.41) is 12.0. The Labute approximate surface area is 141 Å². The van der Waals surface area contributed by atoms with Gasteiger partial charge in [-0.25, -0.2) is 0 Å². The zero-order valence-corrected chi connectivity index (χ0v) is 13.9. The fraction of sp³-hybridized carbons (Fsp3) is 0.300. The molecule has 1 aromatic heterocycles. The molecule has 2 atom stereocenters. The number of rotatable bonds is 5. The van der Waals surface area contributed by atoms with Crippen molar-refractivity contribution in [3.05, 3.63) is 59.1 Å². The van der Waals surface area contributed by atoms with E-state index in [0.29, 0.717) is 23.3 Å². The Hall–Kier alpha value is -2.80. The summed E-state index contributed by atoms with van der Waals surface area (Å²) < 4.78 is 5.73. The minimum absolute atomic E-state index is 0.0271. The van der Waals surface area contributed by atoms with Crippen molar-refractivity contribution in [3.8, 4) is 6.07 Å². The Bertz CT molecular complexity index is 809. The molecule has 2 aromatic rings. The van der Waals surface area contributed by atoms with Crippen molar-refractivity contribution in [3.63, 3.8) is 0 Å². The van der Waals surface area contributed by atoms with E-state index in [4.69, 9.17) is 4.42 Å². The van der Waals surface area contributed by atoms with Crippen LogP contribution in [0, 0.1) is 17.2 Å². The highest BCUT2D eigenvalue weighted by molar-refractivity contribution is 6.09. The van der Waals surface area contributed by atoms with Crippen LogP contribution in [0.3, 0.4) is 0 Å². The number of amides is 1. The average Bonchev–Trinajstić information content (AvgIpc) is 3.14. The summed E-state index contributed by atoms with van der Waals surface area (Å²) in [6.45, 7) is 4.25. The van der Waals surface area contributed by atoms with Crippen LogP contribution in [0.1, 0.15) is 43.3 Å². The monoisotopic (exact) mass is 320 g/mol. The third kappa shape index (κ3) is 3.57. The van der Waals surface area contributed by atoms with Crippen LogP contribution in [0.4, 0.5) is 5.69 Å². The van der Waals surface area contributed by atoms with Gasteiger partial charge >= 0.3 is 0 Å². The van der Waals surface area contributed by atoms with E-state index in [1.54, 1.807) is 6.07 Å². The molecule has 24 heavy (non-hydrogen) atoms. The third-order valence-electron chi connectivity index (χ3n) is 4.39. The van der Waals surface area contributed by atoms with E-state index in [1.807, 2.05) is 36.4 Å². The van der Waals surface area contributed by atoms with E-state index in [-0.39, 0.29) is 5.57 Å². The lowest BCUT2D eigenvalue weighted by atomic mass is 10.1. The quantitative estimate of drug-likeness (QED) is 0.651. The van der Waals surface area contributed by atoms with Crippen LogP contribution >= 0.6 is 0 Å². The van der Waals surface area contributed by atoms with Gasteiger partial charge in [0.15, 0.2) is 0 Å². The van der Waals surface area contributed by atoms with Crippen molar-refractivity contribution in [2.24, 2.45) is 5.92 Å². The number of nitrogens with zero attached hydrogens (tertiary/aromatic N) is 1. The number of carbonyl (C=O) groups excluding carboxylic acids is 1. The first-order valence-electron chi connectivity index (χ1n) is 8.22. The topological polar surface area (TPSA) is 66.0 Å². The highest BCUT2D eigenvalue weighted by atomic mass is 16.3. The van der Waals surface area contributed by atoms with Crippen molar-refractivity contribution < 1.29 is 9.21 Å². The van der Waals surface area contributed by atoms with Gasteiger partial charge in [-0.3, -0.25) is 4.79 Å². The van der Waals surface area contributed by atoms with Crippen molar-refractivity contribution in [2.45, 2.75) is 32.6 Å². The van der Waals surface area contributed by atoms with Gasteiger partial charge in [0.2, 0.25) is 0 Å². The van der Waals surface area contributed by atoms with Crippen molar-refractivity contribution in [2.75, 3.05) is 5.32 Å². The van der Waals surface area contributed by atoms with Crippen molar-refractivity contribution in [1.29, 1.82) is 5.26 Å². The summed E-state index contributed by atoms with van der Waals surface area (Å²) in [6.07, 6.45) is 3.57. The van der Waals surface area contributed by atoms with Gasteiger partial charge in [0.05, 0.1) is 0 Å². The lowest BCUT2D eigenvalue weighted by molar-refractivity contribution is -0.112. The predicted octanol–water partition coefficient (Wildman–Crippen LogP) is 4.51. The smallest absolute Gasteiger partial charge is 0.266 e. The number of nitrogens with one attached hydrogen (secondary N) is 1. The van der Waals surface area contributed by atoms with E-state index in [2.05, 4.69) is 19.2 Å². The normalized spacial score (nSPS) is 19.6. The van der Waals surface area contributed by atoms with Crippen LogP contribution in [0.25, 0.3) is 6.08 Å². The van der Waals surface area contributed by atoms with Crippen molar-refractivity contribution >= 4 is 17.7 Å². The maximum atomic E-state index is 12.3. The van der Waals surface area contributed by atoms with E-state index >= 15 is 0 Å². The second kappa shape index (κ2) is 6.76. The van der Waals surface area contributed by atoms with Gasteiger partial charge < -0.3 is 9.73 Å². The molecular weight excluding hydrogens is 300 g/mol. The zero-order chi connectivity index (χ0) is 17.1. The van der Waals surface area contributed by atoms with E-state index in [9.17, 15) is 10.1 Å². The predicted molar refractivity (Wildman–Crippen MR) is 93.3 cm³/mol. The molecule has 0 radical (unpaired) electrons. The van der Waals surface area contributed by atoms with Crippen LogP contribution in [0.15, 0.2) is 46.4 Å². The second-order valence-corrected chi connectivity index (χ2v) is 6.23. The minimum atomic E-state index is -0.431. The molecular formula is C20H20N2O2. The summed E-state index contributed by atoms with van der Waals surface area (Å²) in [6, 6.07) is 13.3. The van der Waals surface area contributed by atoms with Gasteiger partial charge in [0.1, 0.15) is 23.2 Å². The van der Waals surface area contributed by atoms with Gasteiger partial charge in [0, 0.05) is 17.7 Å². The van der Waals surface area contributed by atoms with Gasteiger partial charge in [0.25, 0.3) is 5.91 Å². The standard InChI is InChI=1S/C20H20N2O2/c1-3-14-4-6-16(7-5-14)22-20(23)15(12-21)11-17-8-9-19(24-17)18-10-13(18)2/h4-9,11,13,18H,3,10H2,1-2H3,(H,22,23)/b15-11+/t13-,18-/m1/s1. The lowest BCUT2D eigenvalue weighted by Crippen LogP contribution is -2.13. The largest absolute Gasteiger partial charge is 0.461 e. The molecule has 0 spiro atoms. The molecule has 1 amide bonds. The minimum Gasteiger partial charge on any atom is -0.461 e. The fourth-order valence-corrected chi connectivity index (χ4v) is 2.68. The number of furan rings is 1. The zero-order valence-electron chi connectivity index (χ0n) is 13.9. The molecule has 4 nitrogen and oxygen atoms in total. The first-order valence-corrected chi connectivity index (χ1v) is 8.22. The molecule has 1 fully saturated rings. The number of benzene rings is 1. The number of carbonyl (C=O) groups is 1. The average molecular weight is 320 g/mol. The first-order chi connectivity index (χ1) is 11.6.